The molecule has 1 fully saturated rings. The molecule has 19 heavy (non-hydrogen) atoms. The third-order valence-electron chi connectivity index (χ3n) is 2.18. The second-order valence-electron chi connectivity index (χ2n) is 4.12. The molecular formula is C9H17NO8S. The molecular weight excluding hydrogens is 282 g/mol. The van der Waals surface area contributed by atoms with Gasteiger partial charge in [0.1, 0.15) is 0 Å². The topological polar surface area (TPSA) is 161 Å². The first-order valence-electron chi connectivity index (χ1n) is 5.31. The van der Waals surface area contributed by atoms with Crippen LogP contribution in [-0.2, 0) is 19.4 Å². The molecule has 9 nitrogen and oxygen atoms in total. The zero-order chi connectivity index (χ0) is 15.2. The van der Waals surface area contributed by atoms with Gasteiger partial charge in [-0.2, -0.15) is 0 Å². The Hall–Kier alpha value is -1.23. The molecule has 0 bridgehead atoms. The molecule has 0 spiro atoms. The quantitative estimate of drug-likeness (QED) is 0.348. The largest absolute Gasteiger partial charge is 0.473 e. The van der Waals surface area contributed by atoms with Crippen molar-refractivity contribution >= 4 is 21.8 Å². The fourth-order valence-corrected chi connectivity index (χ4v) is 3.12. The summed E-state index contributed by atoms with van der Waals surface area (Å²) in [5.41, 5.74) is 0. The van der Waals surface area contributed by atoms with Crippen LogP contribution in [0, 0.1) is 0 Å². The van der Waals surface area contributed by atoms with Gasteiger partial charge in [0.05, 0.1) is 23.7 Å². The first-order chi connectivity index (χ1) is 8.55. The Balaban J connectivity index is 0.000000459. The predicted octanol–water partition coefficient (Wildman–Crippen LogP) is -2.73. The smallest absolute Gasteiger partial charge is 0.414 e. The molecule has 5 N–H and O–H groups in total. The number of carboxylic acid groups (broad SMARTS) is 2. The lowest BCUT2D eigenvalue weighted by atomic mass is 10.2. The summed E-state index contributed by atoms with van der Waals surface area (Å²) >= 11 is 0. The van der Waals surface area contributed by atoms with Crippen LogP contribution in [0.1, 0.15) is 6.92 Å². The van der Waals surface area contributed by atoms with E-state index in [4.69, 9.17) is 24.9 Å². The number of aliphatic hydroxyl groups is 2. The number of sulfone groups is 1. The van der Waals surface area contributed by atoms with E-state index in [9.17, 15) is 13.5 Å². The highest BCUT2D eigenvalue weighted by atomic mass is 32.2. The fourth-order valence-electron chi connectivity index (χ4n) is 1.35. The molecule has 10 heteroatoms. The monoisotopic (exact) mass is 299 g/mol. The van der Waals surface area contributed by atoms with Crippen molar-refractivity contribution in [2.75, 3.05) is 18.1 Å². The van der Waals surface area contributed by atoms with Gasteiger partial charge in [0, 0.05) is 12.6 Å². The Labute approximate surface area is 109 Å². The Kier molecular flexibility index (Phi) is 6.90. The standard InChI is InChI=1S/C7H15NO4S.C2H2O4/c1-5(9)2-8-6-3-13(11,12)4-7(6)10;3-1(4)2(5)6/h5-10H,2-4H2,1H3;(H,3,4)(H,5,6). The molecule has 112 valence electrons. The summed E-state index contributed by atoms with van der Waals surface area (Å²) in [6.07, 6.45) is -1.38. The average Bonchev–Trinajstić information content (AvgIpc) is 2.49. The normalized spacial score (nSPS) is 26.1. The van der Waals surface area contributed by atoms with Crippen LogP contribution >= 0.6 is 0 Å². The SMILES string of the molecule is CC(O)CNC1CS(=O)(=O)CC1O.O=C(O)C(=O)O. The van der Waals surface area contributed by atoms with Crippen molar-refractivity contribution < 1.29 is 38.4 Å². The molecule has 1 rings (SSSR count). The highest BCUT2D eigenvalue weighted by molar-refractivity contribution is 7.91. The van der Waals surface area contributed by atoms with E-state index in [1.54, 1.807) is 6.92 Å². The van der Waals surface area contributed by atoms with E-state index in [-0.39, 0.29) is 11.5 Å². The van der Waals surface area contributed by atoms with Crippen LogP contribution in [0.3, 0.4) is 0 Å². The van der Waals surface area contributed by atoms with Gasteiger partial charge in [-0.3, -0.25) is 0 Å². The van der Waals surface area contributed by atoms with E-state index in [1.807, 2.05) is 0 Å². The molecule has 3 unspecified atom stereocenters. The van der Waals surface area contributed by atoms with E-state index in [2.05, 4.69) is 5.32 Å². The summed E-state index contributed by atoms with van der Waals surface area (Å²) in [5, 5.41) is 35.8. The molecule has 1 aliphatic rings. The minimum absolute atomic E-state index is 0.0408. The molecule has 0 saturated carbocycles. The second-order valence-corrected chi connectivity index (χ2v) is 6.27. The minimum atomic E-state index is -3.09. The second kappa shape index (κ2) is 7.38. The van der Waals surface area contributed by atoms with Crippen LogP contribution in [0.25, 0.3) is 0 Å². The number of hydrogen-bond donors (Lipinski definition) is 5. The van der Waals surface area contributed by atoms with Gasteiger partial charge in [-0.05, 0) is 6.92 Å². The van der Waals surface area contributed by atoms with Crippen molar-refractivity contribution in [3.05, 3.63) is 0 Å². The maximum absolute atomic E-state index is 11.0. The van der Waals surface area contributed by atoms with Crippen molar-refractivity contribution in [2.45, 2.75) is 25.2 Å². The number of carbonyl (C=O) groups is 2. The lowest BCUT2D eigenvalue weighted by molar-refractivity contribution is -0.159. The number of hydrogen-bond acceptors (Lipinski definition) is 7. The predicted molar refractivity (Wildman–Crippen MR) is 63.4 cm³/mol. The van der Waals surface area contributed by atoms with Gasteiger partial charge in [-0.25, -0.2) is 18.0 Å². The maximum atomic E-state index is 11.0. The third kappa shape index (κ3) is 7.72. The first-order valence-corrected chi connectivity index (χ1v) is 7.13. The molecule has 3 atom stereocenters. The van der Waals surface area contributed by atoms with Gasteiger partial charge >= 0.3 is 11.9 Å². The summed E-state index contributed by atoms with van der Waals surface area (Å²) in [6.45, 7) is 1.90. The molecule has 1 saturated heterocycles. The number of aliphatic carboxylic acids is 2. The van der Waals surface area contributed by atoms with E-state index < -0.39 is 40.0 Å². The molecule has 0 aromatic heterocycles. The van der Waals surface area contributed by atoms with E-state index in [0.717, 1.165) is 0 Å². The Morgan fingerprint density at radius 2 is 1.74 bits per heavy atom. The Morgan fingerprint density at radius 3 is 2.00 bits per heavy atom. The maximum Gasteiger partial charge on any atom is 0.414 e. The Morgan fingerprint density at radius 1 is 1.26 bits per heavy atom. The van der Waals surface area contributed by atoms with Gasteiger partial charge < -0.3 is 25.7 Å². The molecule has 0 aromatic carbocycles. The van der Waals surface area contributed by atoms with Crippen LogP contribution in [0.2, 0.25) is 0 Å². The van der Waals surface area contributed by atoms with Crippen molar-refractivity contribution in [1.29, 1.82) is 0 Å². The Bertz CT molecular complexity index is 406. The highest BCUT2D eigenvalue weighted by Gasteiger charge is 2.35. The van der Waals surface area contributed by atoms with Crippen molar-refractivity contribution in [3.8, 4) is 0 Å². The van der Waals surface area contributed by atoms with Crippen molar-refractivity contribution in [2.24, 2.45) is 0 Å². The lowest BCUT2D eigenvalue weighted by Crippen LogP contribution is -2.42. The van der Waals surface area contributed by atoms with E-state index in [0.29, 0.717) is 6.54 Å². The lowest BCUT2D eigenvalue weighted by Gasteiger charge is -2.15. The molecule has 0 radical (unpaired) electrons. The molecule has 0 aromatic rings. The van der Waals surface area contributed by atoms with Crippen LogP contribution in [0.15, 0.2) is 0 Å². The van der Waals surface area contributed by atoms with Crippen LogP contribution in [0.5, 0.6) is 0 Å². The fraction of sp³-hybridized carbons (Fsp3) is 0.778. The van der Waals surface area contributed by atoms with Crippen LogP contribution in [-0.4, -0.2) is 77.1 Å². The van der Waals surface area contributed by atoms with Crippen LogP contribution < -0.4 is 5.32 Å². The number of rotatable bonds is 3. The first kappa shape index (κ1) is 17.8. The zero-order valence-electron chi connectivity index (χ0n) is 10.2. The molecule has 1 heterocycles. The van der Waals surface area contributed by atoms with Crippen LogP contribution in [0.4, 0.5) is 0 Å². The zero-order valence-corrected chi connectivity index (χ0v) is 11.0. The molecule has 0 amide bonds. The number of aliphatic hydroxyl groups excluding tert-OH is 2. The molecule has 1 aliphatic heterocycles. The van der Waals surface area contributed by atoms with Gasteiger partial charge in [0.2, 0.25) is 0 Å². The summed E-state index contributed by atoms with van der Waals surface area (Å²) in [4.78, 5) is 18.2. The third-order valence-corrected chi connectivity index (χ3v) is 3.90. The number of nitrogens with one attached hydrogen (secondary N) is 1. The average molecular weight is 299 g/mol. The van der Waals surface area contributed by atoms with Crippen molar-refractivity contribution in [1.82, 2.24) is 5.32 Å². The van der Waals surface area contributed by atoms with E-state index >= 15 is 0 Å². The summed E-state index contributed by atoms with van der Waals surface area (Å²) in [5.74, 6) is -3.87. The van der Waals surface area contributed by atoms with Gasteiger partial charge in [0.15, 0.2) is 9.84 Å². The summed E-state index contributed by atoms with van der Waals surface area (Å²) in [6, 6.07) is -0.431. The minimum Gasteiger partial charge on any atom is -0.473 e. The molecule has 0 aliphatic carbocycles. The van der Waals surface area contributed by atoms with Crippen molar-refractivity contribution in [3.63, 3.8) is 0 Å². The summed E-state index contributed by atoms with van der Waals surface area (Å²) in [7, 11) is -3.09. The number of carboxylic acids is 2. The van der Waals surface area contributed by atoms with E-state index in [1.165, 1.54) is 0 Å². The van der Waals surface area contributed by atoms with Gasteiger partial charge in [-0.1, -0.05) is 0 Å². The highest BCUT2D eigenvalue weighted by Crippen LogP contribution is 2.12. The van der Waals surface area contributed by atoms with Gasteiger partial charge in [0.25, 0.3) is 0 Å². The van der Waals surface area contributed by atoms with Gasteiger partial charge in [-0.15, -0.1) is 0 Å². The summed E-state index contributed by atoms with van der Waals surface area (Å²) < 4.78 is 22.1.